The van der Waals surface area contributed by atoms with Crippen molar-refractivity contribution < 1.29 is 0 Å². The fraction of sp³-hybridized carbons (Fsp3) is 0.214. The summed E-state index contributed by atoms with van der Waals surface area (Å²) in [6, 6.07) is 10.5. The Hall–Kier alpha value is -2.07. The Labute approximate surface area is 106 Å². The zero-order valence-electron chi connectivity index (χ0n) is 10.1. The summed E-state index contributed by atoms with van der Waals surface area (Å²) in [6.07, 6.45) is 5.76. The molecule has 2 heterocycles. The highest BCUT2D eigenvalue weighted by Crippen LogP contribution is 2.13. The molecule has 0 unspecified atom stereocenters. The number of nitrogens with one attached hydrogen (secondary N) is 2. The molecule has 3 aromatic rings. The van der Waals surface area contributed by atoms with Crippen LogP contribution >= 0.6 is 0 Å². The van der Waals surface area contributed by atoms with Gasteiger partial charge in [-0.2, -0.15) is 5.10 Å². The summed E-state index contributed by atoms with van der Waals surface area (Å²) in [4.78, 5) is 3.20. The van der Waals surface area contributed by atoms with Crippen molar-refractivity contribution in [3.8, 4) is 0 Å². The smallest absolute Gasteiger partial charge is 0.0534 e. The SMILES string of the molecule is c1cnn(CCNCc2ccc3[nH]ccc3c2)c1. The minimum atomic E-state index is 0.891. The average Bonchev–Trinajstić information content (AvgIpc) is 3.05. The van der Waals surface area contributed by atoms with Crippen molar-refractivity contribution in [1.29, 1.82) is 0 Å². The van der Waals surface area contributed by atoms with Gasteiger partial charge in [0.1, 0.15) is 0 Å². The summed E-state index contributed by atoms with van der Waals surface area (Å²) in [5.74, 6) is 0. The largest absolute Gasteiger partial charge is 0.361 e. The number of benzene rings is 1. The lowest BCUT2D eigenvalue weighted by Gasteiger charge is -2.05. The molecule has 3 rings (SSSR count). The second kappa shape index (κ2) is 5.06. The van der Waals surface area contributed by atoms with Gasteiger partial charge in [-0.1, -0.05) is 6.07 Å². The van der Waals surface area contributed by atoms with Crippen LogP contribution in [0.25, 0.3) is 10.9 Å². The zero-order chi connectivity index (χ0) is 12.2. The number of nitrogens with zero attached hydrogens (tertiary/aromatic N) is 2. The molecule has 0 saturated heterocycles. The van der Waals surface area contributed by atoms with Crippen molar-refractivity contribution in [2.75, 3.05) is 6.54 Å². The summed E-state index contributed by atoms with van der Waals surface area (Å²) in [5, 5.41) is 8.86. The van der Waals surface area contributed by atoms with E-state index in [1.54, 1.807) is 6.20 Å². The molecule has 0 amide bonds. The van der Waals surface area contributed by atoms with Crippen LogP contribution in [-0.4, -0.2) is 21.3 Å². The Kier molecular flexibility index (Phi) is 3.10. The van der Waals surface area contributed by atoms with Crippen LogP contribution in [0, 0.1) is 0 Å². The summed E-state index contributed by atoms with van der Waals surface area (Å²) in [6.45, 7) is 2.72. The van der Waals surface area contributed by atoms with E-state index in [1.165, 1.54) is 16.5 Å². The van der Waals surface area contributed by atoms with Gasteiger partial charge in [0.15, 0.2) is 0 Å². The van der Waals surface area contributed by atoms with Crippen LogP contribution in [0.2, 0.25) is 0 Å². The van der Waals surface area contributed by atoms with Crippen molar-refractivity contribution in [2.24, 2.45) is 0 Å². The highest BCUT2D eigenvalue weighted by molar-refractivity contribution is 5.79. The maximum Gasteiger partial charge on any atom is 0.0534 e. The van der Waals surface area contributed by atoms with Gasteiger partial charge in [0.25, 0.3) is 0 Å². The number of aromatic nitrogens is 3. The van der Waals surface area contributed by atoms with E-state index >= 15 is 0 Å². The van der Waals surface area contributed by atoms with Crippen molar-refractivity contribution >= 4 is 10.9 Å². The van der Waals surface area contributed by atoms with Crippen LogP contribution in [0.4, 0.5) is 0 Å². The Morgan fingerprint density at radius 1 is 1.28 bits per heavy atom. The summed E-state index contributed by atoms with van der Waals surface area (Å²) in [7, 11) is 0. The van der Waals surface area contributed by atoms with Crippen molar-refractivity contribution in [1.82, 2.24) is 20.1 Å². The first kappa shape index (κ1) is 11.0. The molecule has 2 N–H and O–H groups in total. The summed E-state index contributed by atoms with van der Waals surface area (Å²) >= 11 is 0. The Balaban J connectivity index is 1.53. The van der Waals surface area contributed by atoms with Crippen LogP contribution in [0.3, 0.4) is 0 Å². The Bertz CT molecular complexity index is 610. The molecule has 18 heavy (non-hydrogen) atoms. The molecule has 92 valence electrons. The second-order valence-corrected chi connectivity index (χ2v) is 4.35. The van der Waals surface area contributed by atoms with E-state index in [2.05, 4.69) is 39.7 Å². The van der Waals surface area contributed by atoms with Gasteiger partial charge in [-0.05, 0) is 35.2 Å². The Morgan fingerprint density at radius 2 is 2.28 bits per heavy atom. The van der Waals surface area contributed by atoms with E-state index in [-0.39, 0.29) is 0 Å². The van der Waals surface area contributed by atoms with Crippen LogP contribution in [0.15, 0.2) is 48.9 Å². The third-order valence-electron chi connectivity index (χ3n) is 3.02. The van der Waals surface area contributed by atoms with Crippen molar-refractivity contribution in [3.05, 3.63) is 54.5 Å². The third-order valence-corrected chi connectivity index (χ3v) is 3.02. The third kappa shape index (κ3) is 2.43. The number of rotatable bonds is 5. The van der Waals surface area contributed by atoms with Crippen LogP contribution < -0.4 is 5.32 Å². The molecule has 0 aliphatic rings. The van der Waals surface area contributed by atoms with Crippen LogP contribution in [-0.2, 0) is 13.1 Å². The molecule has 1 aromatic carbocycles. The summed E-state index contributed by atoms with van der Waals surface area (Å²) < 4.78 is 1.93. The molecule has 0 atom stereocenters. The van der Waals surface area contributed by atoms with E-state index in [0.717, 1.165) is 19.6 Å². The number of fused-ring (bicyclic) bond motifs is 1. The van der Waals surface area contributed by atoms with Gasteiger partial charge in [0.2, 0.25) is 0 Å². The Morgan fingerprint density at radius 3 is 3.17 bits per heavy atom. The number of hydrogen-bond donors (Lipinski definition) is 2. The van der Waals surface area contributed by atoms with Crippen LogP contribution in [0.1, 0.15) is 5.56 Å². The van der Waals surface area contributed by atoms with Gasteiger partial charge < -0.3 is 10.3 Å². The topological polar surface area (TPSA) is 45.6 Å². The lowest BCUT2D eigenvalue weighted by molar-refractivity contribution is 0.555. The molecule has 0 aliphatic heterocycles. The maximum atomic E-state index is 4.17. The normalized spacial score (nSPS) is 11.1. The molecule has 0 radical (unpaired) electrons. The maximum absolute atomic E-state index is 4.17. The lowest BCUT2D eigenvalue weighted by atomic mass is 10.1. The number of H-pyrrole nitrogens is 1. The van der Waals surface area contributed by atoms with Gasteiger partial charge in [-0.25, -0.2) is 0 Å². The predicted octanol–water partition coefficient (Wildman–Crippen LogP) is 2.15. The monoisotopic (exact) mass is 240 g/mol. The van der Waals surface area contributed by atoms with Gasteiger partial charge in [-0.3, -0.25) is 4.68 Å². The summed E-state index contributed by atoms with van der Waals surface area (Å²) in [5.41, 5.74) is 2.50. The highest BCUT2D eigenvalue weighted by atomic mass is 15.3. The van der Waals surface area contributed by atoms with Gasteiger partial charge in [-0.15, -0.1) is 0 Å². The minimum absolute atomic E-state index is 0.891. The number of hydrogen-bond acceptors (Lipinski definition) is 2. The molecule has 0 fully saturated rings. The molecule has 0 bridgehead atoms. The van der Waals surface area contributed by atoms with Crippen molar-refractivity contribution in [3.63, 3.8) is 0 Å². The van der Waals surface area contributed by atoms with Gasteiger partial charge in [0, 0.05) is 37.2 Å². The molecule has 0 spiro atoms. The molecular formula is C14H16N4. The molecule has 2 aromatic heterocycles. The second-order valence-electron chi connectivity index (χ2n) is 4.35. The average molecular weight is 240 g/mol. The lowest BCUT2D eigenvalue weighted by Crippen LogP contribution is -2.19. The van der Waals surface area contributed by atoms with Crippen molar-refractivity contribution in [2.45, 2.75) is 13.1 Å². The van der Waals surface area contributed by atoms with E-state index < -0.39 is 0 Å². The first-order valence-electron chi connectivity index (χ1n) is 6.16. The fourth-order valence-corrected chi connectivity index (χ4v) is 2.07. The first-order valence-corrected chi connectivity index (χ1v) is 6.16. The fourth-order valence-electron chi connectivity index (χ4n) is 2.07. The molecule has 0 aliphatic carbocycles. The van der Waals surface area contributed by atoms with E-state index in [1.807, 2.05) is 23.1 Å². The van der Waals surface area contributed by atoms with E-state index in [4.69, 9.17) is 0 Å². The first-order chi connectivity index (χ1) is 8.92. The molecule has 0 saturated carbocycles. The number of aromatic amines is 1. The molecular weight excluding hydrogens is 224 g/mol. The quantitative estimate of drug-likeness (QED) is 0.671. The minimum Gasteiger partial charge on any atom is -0.361 e. The van der Waals surface area contributed by atoms with Gasteiger partial charge in [0.05, 0.1) is 6.54 Å². The highest BCUT2D eigenvalue weighted by Gasteiger charge is 1.97. The van der Waals surface area contributed by atoms with E-state index in [0.29, 0.717) is 0 Å². The molecule has 4 nitrogen and oxygen atoms in total. The zero-order valence-corrected chi connectivity index (χ0v) is 10.1. The predicted molar refractivity (Wildman–Crippen MR) is 72.2 cm³/mol. The van der Waals surface area contributed by atoms with Gasteiger partial charge >= 0.3 is 0 Å². The van der Waals surface area contributed by atoms with E-state index in [9.17, 15) is 0 Å². The molecule has 4 heteroatoms. The standard InChI is InChI=1S/C14H16N4/c1-5-17-18(8-1)9-7-15-11-12-2-3-14-13(10-12)4-6-16-14/h1-6,8,10,15-16H,7,9,11H2. The van der Waals surface area contributed by atoms with Crippen LogP contribution in [0.5, 0.6) is 0 Å².